The molecule has 52 heavy (non-hydrogen) atoms. The molecular formula is C30H43F3N4O15. The standard InChI is InChI=1S/C30H43F3N4O15/c1-11(39)36-14-7-13(34)24(51-26-20(42)17(18(40)16(9-38)50-26)37-28(46)30(31,32)33)23(45)25(14)52-27-22(44)21(43)19(41)15(49-27)8-35-29(47)48-10-12-5-3-2-4-6-12/h2-6,13-27,38,40-45H,7-10,34H2,1H3,(H,35,47)(H,36,39)(H,37,46)/t13-,14?,15?,16?,17-,18-,19-,20?,21?,22+,23?,24-,25-,26-,27-/m1/s1. The van der Waals surface area contributed by atoms with Crippen LogP contribution in [0.4, 0.5) is 18.0 Å². The number of carbonyl (C=O) groups is 3. The molecule has 2 aliphatic heterocycles. The molecule has 3 amide bonds. The average Bonchev–Trinajstić information content (AvgIpc) is 3.09. The Morgan fingerprint density at radius 1 is 0.846 bits per heavy atom. The van der Waals surface area contributed by atoms with Gasteiger partial charge in [0.25, 0.3) is 0 Å². The zero-order chi connectivity index (χ0) is 38.5. The second kappa shape index (κ2) is 17.7. The molecule has 294 valence electrons. The highest BCUT2D eigenvalue weighted by Gasteiger charge is 2.54. The molecule has 1 aliphatic carbocycles. The maximum atomic E-state index is 13.0. The third kappa shape index (κ3) is 10.0. The Hall–Kier alpha value is -3.26. The van der Waals surface area contributed by atoms with Crippen molar-refractivity contribution in [1.82, 2.24) is 16.0 Å². The Bertz CT molecular complexity index is 1350. The fraction of sp³-hybridized carbons (Fsp3) is 0.700. The van der Waals surface area contributed by atoms with Crippen molar-refractivity contribution in [1.29, 1.82) is 0 Å². The van der Waals surface area contributed by atoms with E-state index in [0.717, 1.165) is 6.92 Å². The lowest BCUT2D eigenvalue weighted by atomic mass is 9.83. The number of aliphatic hydroxyl groups excluding tert-OH is 7. The lowest BCUT2D eigenvalue weighted by Crippen LogP contribution is -2.70. The number of aliphatic hydroxyl groups is 7. The Kier molecular flexibility index (Phi) is 14.1. The van der Waals surface area contributed by atoms with Gasteiger partial charge in [-0.05, 0) is 12.0 Å². The van der Waals surface area contributed by atoms with Crippen molar-refractivity contribution in [3.63, 3.8) is 0 Å². The zero-order valence-electron chi connectivity index (χ0n) is 27.5. The van der Waals surface area contributed by atoms with Gasteiger partial charge in [-0.2, -0.15) is 13.2 Å². The monoisotopic (exact) mass is 756 g/mol. The average molecular weight is 757 g/mol. The summed E-state index contributed by atoms with van der Waals surface area (Å²) in [5.41, 5.74) is 6.91. The molecule has 3 fully saturated rings. The molecular weight excluding hydrogens is 713 g/mol. The maximum absolute atomic E-state index is 13.0. The number of nitrogens with one attached hydrogen (secondary N) is 3. The Morgan fingerprint density at radius 3 is 2.08 bits per heavy atom. The van der Waals surface area contributed by atoms with Crippen LogP contribution in [0.25, 0.3) is 0 Å². The third-order valence-electron chi connectivity index (χ3n) is 8.76. The van der Waals surface area contributed by atoms with E-state index < -0.39 is 129 Å². The molecule has 22 heteroatoms. The second-order valence-electron chi connectivity index (χ2n) is 12.6. The smallest absolute Gasteiger partial charge is 0.445 e. The van der Waals surface area contributed by atoms with Crippen LogP contribution in [0.15, 0.2) is 30.3 Å². The second-order valence-corrected chi connectivity index (χ2v) is 12.6. The fourth-order valence-electron chi connectivity index (χ4n) is 6.07. The highest BCUT2D eigenvalue weighted by Crippen LogP contribution is 2.32. The van der Waals surface area contributed by atoms with E-state index in [1.807, 2.05) is 0 Å². The van der Waals surface area contributed by atoms with E-state index in [0.29, 0.717) is 5.56 Å². The van der Waals surface area contributed by atoms with Gasteiger partial charge in [-0.15, -0.1) is 0 Å². The van der Waals surface area contributed by atoms with Crippen molar-refractivity contribution in [3.8, 4) is 0 Å². The lowest BCUT2D eigenvalue weighted by molar-refractivity contribution is -0.333. The Labute approximate surface area is 293 Å². The number of amides is 3. The summed E-state index contributed by atoms with van der Waals surface area (Å²) in [6, 6.07) is 4.22. The van der Waals surface area contributed by atoms with Crippen molar-refractivity contribution < 1.29 is 87.0 Å². The lowest BCUT2D eigenvalue weighted by Gasteiger charge is -2.49. The first-order valence-electron chi connectivity index (χ1n) is 16.1. The number of hydrogen-bond acceptors (Lipinski definition) is 16. The molecule has 2 heterocycles. The molecule has 3 aliphatic rings. The van der Waals surface area contributed by atoms with Crippen molar-refractivity contribution in [2.45, 2.75) is 118 Å². The van der Waals surface area contributed by atoms with E-state index in [1.54, 1.807) is 30.3 Å². The Morgan fingerprint density at radius 2 is 1.46 bits per heavy atom. The van der Waals surface area contributed by atoms with Crippen LogP contribution in [0.5, 0.6) is 0 Å². The number of hydrogen-bond donors (Lipinski definition) is 11. The highest BCUT2D eigenvalue weighted by atomic mass is 19.4. The summed E-state index contributed by atoms with van der Waals surface area (Å²) in [6.07, 6.45) is -28.6. The van der Waals surface area contributed by atoms with Crippen molar-refractivity contribution >= 4 is 17.9 Å². The number of halogens is 3. The molecule has 0 radical (unpaired) electrons. The number of nitrogens with two attached hydrogens (primary N) is 1. The van der Waals surface area contributed by atoms with E-state index in [-0.39, 0.29) is 13.0 Å². The summed E-state index contributed by atoms with van der Waals surface area (Å²) in [4.78, 5) is 36.0. The van der Waals surface area contributed by atoms with E-state index in [2.05, 4.69) is 10.6 Å². The topological polar surface area (TPSA) is 301 Å². The van der Waals surface area contributed by atoms with Crippen LogP contribution in [0.1, 0.15) is 18.9 Å². The zero-order valence-corrected chi connectivity index (χ0v) is 27.5. The van der Waals surface area contributed by atoms with Crippen molar-refractivity contribution in [2.75, 3.05) is 13.2 Å². The summed E-state index contributed by atoms with van der Waals surface area (Å²) < 4.78 is 66.5. The minimum atomic E-state index is -5.41. The van der Waals surface area contributed by atoms with Gasteiger partial charge in [-0.3, -0.25) is 9.59 Å². The molecule has 0 bridgehead atoms. The molecule has 2 saturated heterocycles. The minimum Gasteiger partial charge on any atom is -0.445 e. The molecule has 1 aromatic carbocycles. The van der Waals surface area contributed by atoms with Gasteiger partial charge < -0.3 is 81.1 Å². The van der Waals surface area contributed by atoms with Gasteiger partial charge in [0.15, 0.2) is 12.6 Å². The van der Waals surface area contributed by atoms with E-state index in [1.165, 1.54) is 5.32 Å². The number of carbonyl (C=O) groups excluding carboxylic acids is 3. The molecule has 15 atom stereocenters. The minimum absolute atomic E-state index is 0.0870. The molecule has 1 saturated carbocycles. The molecule has 6 unspecified atom stereocenters. The van der Waals surface area contributed by atoms with Crippen LogP contribution in [-0.2, 0) is 39.9 Å². The van der Waals surface area contributed by atoms with Crippen LogP contribution < -0.4 is 21.7 Å². The molecule has 4 rings (SSSR count). The molecule has 1 aromatic rings. The molecule has 19 nitrogen and oxygen atoms in total. The van der Waals surface area contributed by atoms with Gasteiger partial charge in [-0.1, -0.05) is 30.3 Å². The molecule has 0 aromatic heterocycles. The van der Waals surface area contributed by atoms with Gasteiger partial charge in [-0.25, -0.2) is 4.79 Å². The summed E-state index contributed by atoms with van der Waals surface area (Å²) in [5.74, 6) is -3.15. The summed E-state index contributed by atoms with van der Waals surface area (Å²) in [6.45, 7) is -0.424. The summed E-state index contributed by atoms with van der Waals surface area (Å²) in [5, 5.41) is 80.5. The third-order valence-corrected chi connectivity index (χ3v) is 8.76. The summed E-state index contributed by atoms with van der Waals surface area (Å²) >= 11 is 0. The van der Waals surface area contributed by atoms with Crippen LogP contribution in [0, 0.1) is 0 Å². The van der Waals surface area contributed by atoms with Gasteiger partial charge in [0.05, 0.1) is 18.7 Å². The number of alkyl carbamates (subject to hydrolysis) is 1. The van der Waals surface area contributed by atoms with E-state index in [4.69, 9.17) is 29.4 Å². The first kappa shape index (κ1) is 41.5. The SMILES string of the molecule is CC(=O)NC1C[C@@H](N)[C@@H](O[C@H]2OC(CO)[C@@H](O)[C@@H](NC(=O)C(F)(F)F)C2O)C(O)[C@@H]1O[C@H]1OC(CNC(=O)OCc2ccccc2)[C@@H](O)C(O)[C@@H]1O. The Balaban J connectivity index is 1.48. The van der Waals surface area contributed by atoms with Crippen LogP contribution in [0.2, 0.25) is 0 Å². The number of benzene rings is 1. The first-order chi connectivity index (χ1) is 24.4. The predicted molar refractivity (Wildman–Crippen MR) is 163 cm³/mol. The van der Waals surface area contributed by atoms with Crippen LogP contribution in [0.3, 0.4) is 0 Å². The number of alkyl halides is 3. The predicted octanol–water partition coefficient (Wildman–Crippen LogP) is -4.43. The molecule has 0 spiro atoms. The van der Waals surface area contributed by atoms with Gasteiger partial charge in [0, 0.05) is 19.5 Å². The first-order valence-corrected chi connectivity index (χ1v) is 16.1. The van der Waals surface area contributed by atoms with Gasteiger partial charge in [0.2, 0.25) is 5.91 Å². The van der Waals surface area contributed by atoms with Gasteiger partial charge >= 0.3 is 18.2 Å². The largest absolute Gasteiger partial charge is 0.471 e. The molecule has 12 N–H and O–H groups in total. The quantitative estimate of drug-likeness (QED) is 0.102. The van der Waals surface area contributed by atoms with Crippen molar-refractivity contribution in [2.24, 2.45) is 5.73 Å². The van der Waals surface area contributed by atoms with Crippen LogP contribution >= 0.6 is 0 Å². The van der Waals surface area contributed by atoms with E-state index in [9.17, 15) is 63.3 Å². The highest BCUT2D eigenvalue weighted by molar-refractivity contribution is 5.82. The van der Waals surface area contributed by atoms with E-state index >= 15 is 0 Å². The number of ether oxygens (including phenoxy) is 5. The van der Waals surface area contributed by atoms with Gasteiger partial charge in [0.1, 0.15) is 67.6 Å². The van der Waals surface area contributed by atoms with Crippen LogP contribution in [-0.4, -0.2) is 165 Å². The maximum Gasteiger partial charge on any atom is 0.471 e. The van der Waals surface area contributed by atoms with Crippen molar-refractivity contribution in [3.05, 3.63) is 35.9 Å². The number of rotatable bonds is 11. The summed E-state index contributed by atoms with van der Waals surface area (Å²) in [7, 11) is 0. The normalized spacial score (nSPS) is 38.2. The fourth-order valence-corrected chi connectivity index (χ4v) is 6.07.